The smallest absolute Gasteiger partial charge is 0.0463 e. The highest BCUT2D eigenvalue weighted by Crippen LogP contribution is 2.58. The minimum Gasteiger partial charge on any atom is -0.311 e. The third kappa shape index (κ3) is 12.0. The zero-order chi connectivity index (χ0) is 52.6. The van der Waals surface area contributed by atoms with Crippen LogP contribution in [0.4, 0.5) is 34.1 Å². The number of fused-ring (bicyclic) bond motifs is 3. The van der Waals surface area contributed by atoms with Crippen molar-refractivity contribution in [3.63, 3.8) is 0 Å². The van der Waals surface area contributed by atoms with E-state index in [-0.39, 0.29) is 10.8 Å². The van der Waals surface area contributed by atoms with Gasteiger partial charge in [0.2, 0.25) is 0 Å². The van der Waals surface area contributed by atoms with Gasteiger partial charge < -0.3 is 9.80 Å². The first-order chi connectivity index (χ1) is 35.7. The molecule has 1 aliphatic rings. The van der Waals surface area contributed by atoms with E-state index >= 15 is 0 Å². The second-order valence-electron chi connectivity index (χ2n) is 23.7. The third-order valence-electron chi connectivity index (χ3n) is 16.6. The summed E-state index contributed by atoms with van der Waals surface area (Å²) in [5.74, 6) is 1.61. The lowest BCUT2D eigenvalue weighted by Gasteiger charge is -2.38. The number of nitrogens with zero attached hydrogens (tertiary/aromatic N) is 2. The summed E-state index contributed by atoms with van der Waals surface area (Å²) in [4.78, 5) is 4.86. The minimum absolute atomic E-state index is 0.0142. The average molecular weight is 984 g/mol. The Hall–Kier alpha value is -5.86. The van der Waals surface area contributed by atoms with E-state index < -0.39 is 0 Å². The van der Waals surface area contributed by atoms with Crippen LogP contribution in [0, 0.1) is 11.8 Å². The fourth-order valence-electron chi connectivity index (χ4n) is 11.8. The molecule has 0 spiro atoms. The zero-order valence-corrected chi connectivity index (χ0v) is 47.8. The van der Waals surface area contributed by atoms with Crippen molar-refractivity contribution in [3.8, 4) is 22.3 Å². The molecule has 74 heavy (non-hydrogen) atoms. The van der Waals surface area contributed by atoms with Gasteiger partial charge >= 0.3 is 0 Å². The van der Waals surface area contributed by atoms with Gasteiger partial charge in [0.25, 0.3) is 0 Å². The van der Waals surface area contributed by atoms with E-state index in [1.54, 1.807) is 11.1 Å². The van der Waals surface area contributed by atoms with Crippen LogP contribution in [0.3, 0.4) is 0 Å². The average Bonchev–Trinajstić information content (AvgIpc) is 3.69. The first-order valence-electron chi connectivity index (χ1n) is 29.1. The maximum atomic E-state index is 2.67. The van der Waals surface area contributed by atoms with Crippen LogP contribution in [-0.2, 0) is 30.1 Å². The molecule has 8 rings (SSSR count). The molecule has 0 heterocycles. The predicted octanol–water partition coefficient (Wildman–Crippen LogP) is 21.9. The molecule has 0 aromatic heterocycles. The van der Waals surface area contributed by atoms with Crippen molar-refractivity contribution >= 4 is 34.1 Å². The van der Waals surface area contributed by atoms with Gasteiger partial charge in [-0.25, -0.2) is 0 Å². The van der Waals surface area contributed by atoms with Crippen LogP contribution in [0.1, 0.15) is 192 Å². The van der Waals surface area contributed by atoms with Crippen LogP contribution in [0.2, 0.25) is 0 Å². The molecule has 2 heteroatoms. The minimum atomic E-state index is -0.0142. The van der Waals surface area contributed by atoms with E-state index in [1.165, 1.54) is 131 Å². The molecular weight excluding hydrogens is 893 g/mol. The van der Waals surface area contributed by atoms with E-state index in [2.05, 4.69) is 245 Å². The van der Waals surface area contributed by atoms with Crippen LogP contribution in [0.15, 0.2) is 152 Å². The number of rotatable bonds is 23. The Morgan fingerprint density at radius 3 is 1.12 bits per heavy atom. The van der Waals surface area contributed by atoms with Crippen LogP contribution in [0.25, 0.3) is 22.3 Å². The molecule has 0 saturated carbocycles. The van der Waals surface area contributed by atoms with Gasteiger partial charge in [-0.1, -0.05) is 188 Å². The van der Waals surface area contributed by atoms with Gasteiger partial charge in [-0.05, 0) is 215 Å². The van der Waals surface area contributed by atoms with Gasteiger partial charge in [0.15, 0.2) is 0 Å². The third-order valence-corrected chi connectivity index (χ3v) is 16.6. The Balaban J connectivity index is 1.21. The number of benzene rings is 7. The monoisotopic (exact) mass is 983 g/mol. The van der Waals surface area contributed by atoms with E-state index in [0.29, 0.717) is 17.8 Å². The van der Waals surface area contributed by atoms with Crippen molar-refractivity contribution in [2.24, 2.45) is 11.8 Å². The number of aryl methyl sites for hydroxylation is 3. The molecule has 2 nitrogen and oxygen atoms in total. The van der Waals surface area contributed by atoms with E-state index in [1.807, 2.05) is 0 Å². The zero-order valence-electron chi connectivity index (χ0n) is 47.8. The molecule has 0 amide bonds. The lowest BCUT2D eigenvalue weighted by molar-refractivity contribution is 0.308. The normalized spacial score (nSPS) is 15.0. The fourth-order valence-corrected chi connectivity index (χ4v) is 11.8. The van der Waals surface area contributed by atoms with Crippen molar-refractivity contribution in [2.75, 3.05) is 9.80 Å². The highest BCUT2D eigenvalue weighted by molar-refractivity contribution is 5.88. The Labute approximate surface area is 449 Å². The Bertz CT molecular complexity index is 2810. The van der Waals surface area contributed by atoms with Gasteiger partial charge in [-0.2, -0.15) is 0 Å². The summed E-state index contributed by atoms with van der Waals surface area (Å²) in [5, 5.41) is 0. The molecule has 7 aromatic rings. The lowest BCUT2D eigenvalue weighted by atomic mass is 9.65. The highest BCUT2D eigenvalue weighted by Gasteiger charge is 2.45. The quantitative estimate of drug-likeness (QED) is 0.0630. The van der Waals surface area contributed by atoms with Crippen LogP contribution in [-0.4, -0.2) is 0 Å². The largest absolute Gasteiger partial charge is 0.311 e. The number of hydrogen-bond donors (Lipinski definition) is 0. The highest BCUT2D eigenvalue weighted by atomic mass is 15.2. The maximum Gasteiger partial charge on any atom is 0.0463 e. The molecule has 0 radical (unpaired) electrons. The molecular formula is C72H90N2. The van der Waals surface area contributed by atoms with Crippen molar-refractivity contribution in [1.29, 1.82) is 0 Å². The first kappa shape index (κ1) is 54.4. The van der Waals surface area contributed by atoms with Crippen molar-refractivity contribution in [1.82, 2.24) is 0 Å². The number of unbranched alkanes of at least 4 members (excludes halogenated alkanes) is 3. The van der Waals surface area contributed by atoms with Gasteiger partial charge in [0.1, 0.15) is 0 Å². The topological polar surface area (TPSA) is 6.48 Å². The van der Waals surface area contributed by atoms with Crippen molar-refractivity contribution in [2.45, 2.75) is 183 Å². The second kappa shape index (κ2) is 24.2. The SMILES string of the molecule is CCCCc1ccc(N(c2ccc(CCCC)cc2)c2ccc(N(c3ccc(CCCC)cc3)c3ccc(-c4cc5c(cc4C(C)C)C(CC(C)CC)(CC(C)CC)c4cc(C(C)(C)C)ccc4-5)cc3)cc2)cc1. The Morgan fingerprint density at radius 1 is 0.405 bits per heavy atom. The summed E-state index contributed by atoms with van der Waals surface area (Å²) in [7, 11) is 0. The van der Waals surface area contributed by atoms with Gasteiger partial charge in [-0.3, -0.25) is 0 Å². The molecule has 0 N–H and O–H groups in total. The Kier molecular flexibility index (Phi) is 17.8. The van der Waals surface area contributed by atoms with Crippen molar-refractivity contribution in [3.05, 3.63) is 191 Å². The molecule has 0 saturated heterocycles. The molecule has 0 aliphatic heterocycles. The van der Waals surface area contributed by atoms with Gasteiger partial charge in [-0.15, -0.1) is 0 Å². The summed E-state index contributed by atoms with van der Waals surface area (Å²) in [6.45, 7) is 28.5. The molecule has 0 fully saturated rings. The standard InChI is InChI=1S/C72H90N2/c1-13-18-21-54-24-33-59(34-25-54)73(60-35-26-55(27-36-60)22-19-14-2)63-41-43-64(44-42-63)74(61-37-28-56(29-38-61)23-20-15-3)62-39-30-57(31-40-62)67-47-68-65-45-32-58(71(10,11)12)46-69(65)72(49-52(8)16-4,50-53(9)17-5)70(68)48-66(67)51(6)7/h24-48,51-53H,13-23,49-50H2,1-12H3. The summed E-state index contributed by atoms with van der Waals surface area (Å²) < 4.78 is 0. The van der Waals surface area contributed by atoms with Crippen LogP contribution >= 0.6 is 0 Å². The summed E-state index contributed by atoms with van der Waals surface area (Å²) in [6, 6.07) is 59.4. The lowest BCUT2D eigenvalue weighted by Crippen LogP contribution is -2.31. The molecule has 7 aromatic carbocycles. The molecule has 2 atom stereocenters. The maximum absolute atomic E-state index is 2.67. The molecule has 388 valence electrons. The molecule has 2 unspecified atom stereocenters. The van der Waals surface area contributed by atoms with E-state index in [9.17, 15) is 0 Å². The molecule has 1 aliphatic carbocycles. The van der Waals surface area contributed by atoms with Crippen LogP contribution in [0.5, 0.6) is 0 Å². The first-order valence-corrected chi connectivity index (χ1v) is 29.1. The number of anilines is 6. The fraction of sp³-hybridized carbons (Fsp3) is 0.417. The molecule has 0 bridgehead atoms. The van der Waals surface area contributed by atoms with Crippen molar-refractivity contribution < 1.29 is 0 Å². The number of hydrogen-bond acceptors (Lipinski definition) is 2. The summed E-state index contributed by atoms with van der Waals surface area (Å²) in [5.41, 5.74) is 22.7. The van der Waals surface area contributed by atoms with Gasteiger partial charge in [0, 0.05) is 39.5 Å². The second-order valence-corrected chi connectivity index (χ2v) is 23.7. The van der Waals surface area contributed by atoms with E-state index in [0.717, 1.165) is 36.3 Å². The summed E-state index contributed by atoms with van der Waals surface area (Å²) >= 11 is 0. The van der Waals surface area contributed by atoms with Gasteiger partial charge in [0.05, 0.1) is 0 Å². The predicted molar refractivity (Wildman–Crippen MR) is 324 cm³/mol. The summed E-state index contributed by atoms with van der Waals surface area (Å²) in [6.07, 6.45) is 15.3. The Morgan fingerprint density at radius 2 is 0.770 bits per heavy atom. The van der Waals surface area contributed by atoms with Crippen LogP contribution < -0.4 is 9.80 Å². The van der Waals surface area contributed by atoms with E-state index in [4.69, 9.17) is 0 Å².